The lowest BCUT2D eigenvalue weighted by Crippen LogP contribution is -2.38. The second-order valence-electron chi connectivity index (χ2n) is 16.6. The van der Waals surface area contributed by atoms with Gasteiger partial charge < -0.3 is 39.4 Å². The van der Waals surface area contributed by atoms with Gasteiger partial charge in [0, 0.05) is 24.4 Å². The lowest BCUT2D eigenvalue weighted by Gasteiger charge is -2.37. The minimum absolute atomic E-state index is 0.0256. The van der Waals surface area contributed by atoms with Crippen LogP contribution >= 0.6 is 0 Å². The van der Waals surface area contributed by atoms with Crippen molar-refractivity contribution in [3.05, 3.63) is 203 Å². The van der Waals surface area contributed by atoms with Crippen LogP contribution < -0.4 is 20.1 Å². The highest BCUT2D eigenvalue weighted by atomic mass is 16.6. The maximum absolute atomic E-state index is 13.5. The van der Waals surface area contributed by atoms with Crippen LogP contribution in [-0.4, -0.2) is 76.3 Å². The molecule has 0 bridgehead atoms. The Morgan fingerprint density at radius 2 is 1.32 bits per heavy atom. The molecule has 1 fully saturated rings. The lowest BCUT2D eigenvalue weighted by atomic mass is 9.80. The summed E-state index contributed by atoms with van der Waals surface area (Å²) in [6, 6.07) is 48.7. The zero-order chi connectivity index (χ0) is 46.6. The molecule has 3 heterocycles. The topological polar surface area (TPSA) is 168 Å². The standard InChI is InChI=1S/C54H48N6O8/c1-64-39-24-20-37(21-25-39)54(36-10-4-3-5-11-36,38-22-26-40(65-2)27-23-38)67-31-47-46(61)28-48(68-47)60-33-58-49-50(56-32-57-51(49)60)59-52(62)35-18-16-34(17-19-35)29-55-53(63)66-30-45-43-14-8-6-12-41(43)42-13-7-9-15-44(42)45/h3-27,32-33,45-48,61H,28-31H2,1-2H3,(H,55,63)(H,56,57,59,62). The van der Waals surface area contributed by atoms with Crippen LogP contribution in [0.4, 0.5) is 10.6 Å². The number of carbonyl (C=O) groups is 2. The Balaban J connectivity index is 0.789. The van der Waals surface area contributed by atoms with E-state index in [1.54, 1.807) is 49.4 Å². The first kappa shape index (κ1) is 44.0. The number of aromatic nitrogens is 4. The number of hydrogen-bond acceptors (Lipinski definition) is 11. The largest absolute Gasteiger partial charge is 0.497 e. The van der Waals surface area contributed by atoms with Crippen molar-refractivity contribution >= 4 is 29.0 Å². The molecule has 1 saturated heterocycles. The lowest BCUT2D eigenvalue weighted by molar-refractivity contribution is -0.0931. The summed E-state index contributed by atoms with van der Waals surface area (Å²) in [5.41, 5.74) is 8.02. The van der Waals surface area contributed by atoms with Crippen LogP contribution in [0, 0.1) is 0 Å². The summed E-state index contributed by atoms with van der Waals surface area (Å²) in [5, 5.41) is 17.2. The number of hydrogen-bond donors (Lipinski definition) is 3. The van der Waals surface area contributed by atoms with Crippen molar-refractivity contribution < 1.29 is 38.4 Å². The first-order valence-electron chi connectivity index (χ1n) is 22.3. The molecule has 1 aliphatic carbocycles. The van der Waals surface area contributed by atoms with E-state index in [1.807, 2.05) is 103 Å². The normalized spacial score (nSPS) is 16.5. The van der Waals surface area contributed by atoms with E-state index in [1.165, 1.54) is 6.33 Å². The molecular weight excluding hydrogens is 861 g/mol. The van der Waals surface area contributed by atoms with Crippen molar-refractivity contribution in [2.75, 3.05) is 32.8 Å². The van der Waals surface area contributed by atoms with E-state index in [0.29, 0.717) is 28.2 Å². The predicted octanol–water partition coefficient (Wildman–Crippen LogP) is 8.79. The zero-order valence-electron chi connectivity index (χ0n) is 37.3. The molecular formula is C54H48N6O8. The first-order valence-corrected chi connectivity index (χ1v) is 22.3. The van der Waals surface area contributed by atoms with Gasteiger partial charge in [0.15, 0.2) is 17.0 Å². The van der Waals surface area contributed by atoms with E-state index in [0.717, 1.165) is 44.5 Å². The van der Waals surface area contributed by atoms with E-state index < -0.39 is 36.0 Å². The van der Waals surface area contributed by atoms with Gasteiger partial charge in [-0.2, -0.15) is 0 Å². The van der Waals surface area contributed by atoms with E-state index >= 15 is 0 Å². The van der Waals surface area contributed by atoms with Crippen molar-refractivity contribution in [3.63, 3.8) is 0 Å². The second-order valence-corrected chi connectivity index (χ2v) is 16.6. The monoisotopic (exact) mass is 908 g/mol. The maximum Gasteiger partial charge on any atom is 0.407 e. The van der Waals surface area contributed by atoms with Crippen molar-refractivity contribution in [1.29, 1.82) is 0 Å². The molecule has 14 nitrogen and oxygen atoms in total. The van der Waals surface area contributed by atoms with Gasteiger partial charge in [0.25, 0.3) is 5.91 Å². The third kappa shape index (κ3) is 8.52. The Kier molecular flexibility index (Phi) is 12.4. The average Bonchev–Trinajstić information content (AvgIpc) is 4.09. The van der Waals surface area contributed by atoms with E-state index in [4.69, 9.17) is 23.7 Å². The van der Waals surface area contributed by atoms with Gasteiger partial charge in [-0.3, -0.25) is 9.36 Å². The van der Waals surface area contributed by atoms with Crippen LogP contribution in [-0.2, 0) is 26.4 Å². The molecule has 14 heteroatoms. The first-order chi connectivity index (χ1) is 33.3. The fourth-order valence-electron chi connectivity index (χ4n) is 9.25. The zero-order valence-corrected chi connectivity index (χ0v) is 37.3. The number of nitrogens with zero attached hydrogens (tertiary/aromatic N) is 4. The number of benzene rings is 6. The Morgan fingerprint density at radius 3 is 1.96 bits per heavy atom. The smallest absolute Gasteiger partial charge is 0.407 e. The molecule has 68 heavy (non-hydrogen) atoms. The fourth-order valence-corrected chi connectivity index (χ4v) is 9.25. The molecule has 10 rings (SSSR count). The Hall–Kier alpha value is -7.91. The molecule has 0 saturated carbocycles. The molecule has 342 valence electrons. The van der Waals surface area contributed by atoms with Crippen LogP contribution in [0.1, 0.15) is 62.3 Å². The van der Waals surface area contributed by atoms with Gasteiger partial charge >= 0.3 is 6.09 Å². The van der Waals surface area contributed by atoms with Crippen LogP contribution in [0.15, 0.2) is 164 Å². The summed E-state index contributed by atoms with van der Waals surface area (Å²) in [6.45, 7) is 0.455. The van der Waals surface area contributed by atoms with E-state index in [2.05, 4.69) is 49.9 Å². The number of fused-ring (bicyclic) bond motifs is 4. The van der Waals surface area contributed by atoms with Crippen molar-refractivity contribution in [1.82, 2.24) is 24.8 Å². The Morgan fingerprint density at radius 1 is 0.721 bits per heavy atom. The number of nitrogens with one attached hydrogen (secondary N) is 2. The summed E-state index contributed by atoms with van der Waals surface area (Å²) in [5.74, 6) is 1.18. The molecule has 0 spiro atoms. The number of rotatable bonds is 15. The fraction of sp³-hybridized carbons (Fsp3) is 0.204. The van der Waals surface area contributed by atoms with Gasteiger partial charge in [-0.1, -0.05) is 115 Å². The predicted molar refractivity (Wildman–Crippen MR) is 254 cm³/mol. The molecule has 2 aromatic heterocycles. The van der Waals surface area contributed by atoms with Crippen LogP contribution in [0.25, 0.3) is 22.3 Å². The Bertz CT molecular complexity index is 2960. The van der Waals surface area contributed by atoms with Crippen molar-refractivity contribution in [2.45, 2.75) is 42.9 Å². The molecule has 6 aromatic carbocycles. The van der Waals surface area contributed by atoms with Crippen LogP contribution in [0.2, 0.25) is 0 Å². The number of amides is 2. The van der Waals surface area contributed by atoms with Gasteiger partial charge in [0.2, 0.25) is 0 Å². The molecule has 0 radical (unpaired) electrons. The molecule has 2 amide bonds. The Labute approximate surface area is 392 Å². The van der Waals surface area contributed by atoms with Gasteiger partial charge in [0.1, 0.15) is 42.4 Å². The number of anilines is 1. The minimum Gasteiger partial charge on any atom is -0.497 e. The number of ether oxygens (including phenoxy) is 5. The summed E-state index contributed by atoms with van der Waals surface area (Å²) in [7, 11) is 3.25. The highest BCUT2D eigenvalue weighted by Crippen LogP contribution is 2.45. The maximum atomic E-state index is 13.5. The van der Waals surface area contributed by atoms with Gasteiger partial charge in [-0.25, -0.2) is 19.7 Å². The average molecular weight is 909 g/mol. The molecule has 8 aromatic rings. The molecule has 3 N–H and O–H groups in total. The summed E-state index contributed by atoms with van der Waals surface area (Å²) in [6.07, 6.45) is 0.351. The van der Waals surface area contributed by atoms with Gasteiger partial charge in [-0.15, -0.1) is 0 Å². The number of imidazole rings is 1. The highest BCUT2D eigenvalue weighted by Gasteiger charge is 2.42. The summed E-state index contributed by atoms with van der Waals surface area (Å²) >= 11 is 0. The van der Waals surface area contributed by atoms with Crippen molar-refractivity contribution in [3.8, 4) is 22.6 Å². The second kappa shape index (κ2) is 19.1. The third-order valence-corrected chi connectivity index (χ3v) is 12.7. The number of methoxy groups -OCH3 is 2. The number of aliphatic hydroxyl groups is 1. The summed E-state index contributed by atoms with van der Waals surface area (Å²) in [4.78, 5) is 39.7. The number of alkyl carbamates (subject to hydrolysis) is 1. The van der Waals surface area contributed by atoms with Crippen LogP contribution in [0.5, 0.6) is 11.5 Å². The molecule has 2 aliphatic rings. The highest BCUT2D eigenvalue weighted by molar-refractivity contribution is 6.06. The van der Waals surface area contributed by atoms with Gasteiger partial charge in [0.05, 0.1) is 33.3 Å². The quantitative estimate of drug-likeness (QED) is 0.0841. The molecule has 3 unspecified atom stereocenters. The van der Waals surface area contributed by atoms with E-state index in [-0.39, 0.29) is 37.9 Å². The van der Waals surface area contributed by atoms with Crippen molar-refractivity contribution in [2.24, 2.45) is 0 Å². The van der Waals surface area contributed by atoms with Gasteiger partial charge in [-0.05, 0) is 80.9 Å². The minimum atomic E-state index is -1.11. The van der Waals surface area contributed by atoms with Crippen LogP contribution in [0.3, 0.4) is 0 Å². The van der Waals surface area contributed by atoms with E-state index in [9.17, 15) is 14.7 Å². The number of carbonyl (C=O) groups excluding carboxylic acids is 2. The molecule has 3 atom stereocenters. The third-order valence-electron chi connectivity index (χ3n) is 12.7. The SMILES string of the molecule is COc1ccc(C(OCC2OC(n3cnc4c(NC(=O)c5ccc(CNC(=O)OCC6c7ccccc7-c7ccccc76)cc5)ncnc43)CC2O)(c2ccccc2)c2ccc(OC)cc2)cc1. The molecule has 1 aliphatic heterocycles. The number of aliphatic hydroxyl groups excluding tert-OH is 1. The summed E-state index contributed by atoms with van der Waals surface area (Å²) < 4.78 is 32.0.